The van der Waals surface area contributed by atoms with Gasteiger partial charge in [0.2, 0.25) is 0 Å². The van der Waals surface area contributed by atoms with E-state index < -0.39 is 0 Å². The Morgan fingerprint density at radius 2 is 1.92 bits per heavy atom. The Labute approximate surface area is 161 Å². The van der Waals surface area contributed by atoms with Gasteiger partial charge >= 0.3 is 0 Å². The second kappa shape index (κ2) is 7.58. The van der Waals surface area contributed by atoms with Crippen LogP contribution in [0.3, 0.4) is 0 Å². The third-order valence-corrected chi connectivity index (χ3v) is 5.88. The molecule has 1 saturated heterocycles. The molecule has 3 aromatic rings. The van der Waals surface area contributed by atoms with E-state index in [1.165, 1.54) is 4.90 Å². The first-order valence-electron chi connectivity index (χ1n) is 8.34. The van der Waals surface area contributed by atoms with E-state index in [1.54, 1.807) is 11.8 Å². The summed E-state index contributed by atoms with van der Waals surface area (Å²) >= 11 is 13.9. The van der Waals surface area contributed by atoms with Gasteiger partial charge in [0, 0.05) is 21.5 Å². The Morgan fingerprint density at radius 3 is 2.68 bits per heavy atom. The fourth-order valence-corrected chi connectivity index (χ4v) is 4.27. The second-order valence-corrected chi connectivity index (χ2v) is 8.07. The molecule has 0 radical (unpaired) electrons. The van der Waals surface area contributed by atoms with Crippen LogP contribution in [0.4, 0.5) is 0 Å². The standard InChI is InChI=1S/C19H18Cl2N2OS/c20-13-3-6-16(7-4-13)25-12-19-22-17-8-5-14(21)10-18(17)23(19)11-15-2-1-9-24-15/h3-8,10,15H,1-2,9,11-12H2. The predicted octanol–water partition coefficient (Wildman–Crippen LogP) is 5.81. The van der Waals surface area contributed by atoms with Crippen LogP contribution in [0.15, 0.2) is 47.4 Å². The van der Waals surface area contributed by atoms with E-state index in [4.69, 9.17) is 32.9 Å². The molecule has 1 aliphatic rings. The van der Waals surface area contributed by atoms with Gasteiger partial charge in [0.1, 0.15) is 5.82 Å². The van der Waals surface area contributed by atoms with Crippen molar-refractivity contribution in [3.8, 4) is 0 Å². The normalized spacial score (nSPS) is 17.4. The van der Waals surface area contributed by atoms with Crippen LogP contribution < -0.4 is 0 Å². The first-order valence-corrected chi connectivity index (χ1v) is 10.1. The van der Waals surface area contributed by atoms with Crippen molar-refractivity contribution in [1.29, 1.82) is 0 Å². The van der Waals surface area contributed by atoms with Crippen LogP contribution >= 0.6 is 35.0 Å². The van der Waals surface area contributed by atoms with Crippen LogP contribution in [-0.2, 0) is 17.0 Å². The highest BCUT2D eigenvalue weighted by Gasteiger charge is 2.20. The summed E-state index contributed by atoms with van der Waals surface area (Å²) in [5.41, 5.74) is 2.06. The highest BCUT2D eigenvalue weighted by atomic mass is 35.5. The number of ether oxygens (including phenoxy) is 1. The highest BCUT2D eigenvalue weighted by Crippen LogP contribution is 2.28. The van der Waals surface area contributed by atoms with E-state index in [-0.39, 0.29) is 6.10 Å². The van der Waals surface area contributed by atoms with Crippen molar-refractivity contribution in [2.45, 2.75) is 36.1 Å². The van der Waals surface area contributed by atoms with Crippen molar-refractivity contribution in [3.05, 3.63) is 58.3 Å². The van der Waals surface area contributed by atoms with E-state index in [0.717, 1.165) is 58.6 Å². The number of rotatable bonds is 5. The second-order valence-electron chi connectivity index (χ2n) is 6.15. The zero-order valence-corrected chi connectivity index (χ0v) is 15.9. The maximum absolute atomic E-state index is 6.21. The number of fused-ring (bicyclic) bond motifs is 1. The van der Waals surface area contributed by atoms with Gasteiger partial charge in [-0.15, -0.1) is 11.8 Å². The zero-order chi connectivity index (χ0) is 17.2. The van der Waals surface area contributed by atoms with Gasteiger partial charge in [-0.3, -0.25) is 0 Å². The molecule has 1 aliphatic heterocycles. The zero-order valence-electron chi connectivity index (χ0n) is 13.6. The van der Waals surface area contributed by atoms with Gasteiger partial charge in [-0.2, -0.15) is 0 Å². The molecule has 6 heteroatoms. The third kappa shape index (κ3) is 3.98. The Bertz CT molecular complexity index is 873. The van der Waals surface area contributed by atoms with Gasteiger partial charge < -0.3 is 9.30 Å². The maximum Gasteiger partial charge on any atom is 0.120 e. The lowest BCUT2D eigenvalue weighted by Crippen LogP contribution is -2.16. The molecule has 2 aromatic carbocycles. The number of halogens is 2. The fraction of sp³-hybridized carbons (Fsp3) is 0.316. The van der Waals surface area contributed by atoms with E-state index in [1.807, 2.05) is 42.5 Å². The van der Waals surface area contributed by atoms with E-state index in [2.05, 4.69) is 4.57 Å². The molecule has 130 valence electrons. The number of thioether (sulfide) groups is 1. The summed E-state index contributed by atoms with van der Waals surface area (Å²) in [5, 5.41) is 1.49. The van der Waals surface area contributed by atoms with Crippen LogP contribution in [0.5, 0.6) is 0 Å². The first-order chi connectivity index (χ1) is 12.2. The van der Waals surface area contributed by atoms with Crippen LogP contribution in [0.25, 0.3) is 11.0 Å². The average molecular weight is 393 g/mol. The lowest BCUT2D eigenvalue weighted by molar-refractivity contribution is 0.0974. The monoisotopic (exact) mass is 392 g/mol. The fourth-order valence-electron chi connectivity index (χ4n) is 3.13. The number of aromatic nitrogens is 2. The number of benzene rings is 2. The first kappa shape index (κ1) is 17.2. The van der Waals surface area contributed by atoms with Gasteiger partial charge in [-0.05, 0) is 55.3 Å². The minimum Gasteiger partial charge on any atom is -0.376 e. The van der Waals surface area contributed by atoms with Crippen LogP contribution in [-0.4, -0.2) is 22.3 Å². The summed E-state index contributed by atoms with van der Waals surface area (Å²) in [5.74, 6) is 1.84. The Kier molecular flexibility index (Phi) is 5.23. The molecule has 0 bridgehead atoms. The third-order valence-electron chi connectivity index (χ3n) is 4.38. The van der Waals surface area contributed by atoms with Crippen molar-refractivity contribution in [2.24, 2.45) is 0 Å². The highest BCUT2D eigenvalue weighted by molar-refractivity contribution is 7.98. The van der Waals surface area contributed by atoms with E-state index in [0.29, 0.717) is 0 Å². The number of imidazole rings is 1. The summed E-state index contributed by atoms with van der Waals surface area (Å²) in [4.78, 5) is 6.01. The van der Waals surface area contributed by atoms with Crippen molar-refractivity contribution < 1.29 is 4.74 Å². The molecule has 1 unspecified atom stereocenters. The van der Waals surface area contributed by atoms with Gasteiger partial charge in [0.15, 0.2) is 0 Å². The molecule has 0 spiro atoms. The molecule has 3 nitrogen and oxygen atoms in total. The average Bonchev–Trinajstić information content (AvgIpc) is 3.23. The summed E-state index contributed by atoms with van der Waals surface area (Å²) in [6.45, 7) is 1.68. The molecule has 0 aliphatic carbocycles. The van der Waals surface area contributed by atoms with Crippen molar-refractivity contribution in [3.63, 3.8) is 0 Å². The van der Waals surface area contributed by atoms with E-state index >= 15 is 0 Å². The summed E-state index contributed by atoms with van der Waals surface area (Å²) in [6.07, 6.45) is 2.49. The quantitative estimate of drug-likeness (QED) is 0.512. The van der Waals surface area contributed by atoms with Gasteiger partial charge in [-0.25, -0.2) is 4.98 Å². The largest absolute Gasteiger partial charge is 0.376 e. The summed E-state index contributed by atoms with van der Waals surface area (Å²) in [7, 11) is 0. The summed E-state index contributed by atoms with van der Waals surface area (Å²) < 4.78 is 8.10. The minimum atomic E-state index is 0.260. The van der Waals surface area contributed by atoms with Gasteiger partial charge in [0.25, 0.3) is 0 Å². The molecule has 25 heavy (non-hydrogen) atoms. The van der Waals surface area contributed by atoms with Crippen LogP contribution in [0, 0.1) is 0 Å². The van der Waals surface area contributed by atoms with E-state index in [9.17, 15) is 0 Å². The van der Waals surface area contributed by atoms with Crippen LogP contribution in [0.2, 0.25) is 10.0 Å². The summed E-state index contributed by atoms with van der Waals surface area (Å²) in [6, 6.07) is 13.8. The Balaban J connectivity index is 1.62. The number of hydrogen-bond donors (Lipinski definition) is 0. The maximum atomic E-state index is 6.21. The van der Waals surface area contributed by atoms with Crippen LogP contribution in [0.1, 0.15) is 18.7 Å². The molecule has 4 rings (SSSR count). The molecule has 1 fully saturated rings. The Hall–Kier alpha value is -1.20. The van der Waals surface area contributed by atoms with Gasteiger partial charge in [0.05, 0.1) is 29.4 Å². The smallest absolute Gasteiger partial charge is 0.120 e. The number of hydrogen-bond acceptors (Lipinski definition) is 3. The molecule has 2 heterocycles. The van der Waals surface area contributed by atoms with Gasteiger partial charge in [-0.1, -0.05) is 23.2 Å². The molecule has 0 saturated carbocycles. The molecular formula is C19H18Cl2N2OS. The van der Waals surface area contributed by atoms with Crippen molar-refractivity contribution in [2.75, 3.05) is 6.61 Å². The lowest BCUT2D eigenvalue weighted by atomic mass is 10.2. The molecular weight excluding hydrogens is 375 g/mol. The van der Waals surface area contributed by atoms with Crippen molar-refractivity contribution >= 4 is 46.0 Å². The predicted molar refractivity (Wildman–Crippen MR) is 105 cm³/mol. The SMILES string of the molecule is Clc1ccc(SCc2nc3ccc(Cl)cc3n2CC2CCCO2)cc1. The Morgan fingerprint density at radius 1 is 1.12 bits per heavy atom. The molecule has 1 aromatic heterocycles. The minimum absolute atomic E-state index is 0.260. The molecule has 0 N–H and O–H groups in total. The van der Waals surface area contributed by atoms with Crippen molar-refractivity contribution in [1.82, 2.24) is 9.55 Å². The topological polar surface area (TPSA) is 27.1 Å². The lowest BCUT2D eigenvalue weighted by Gasteiger charge is -2.14. The molecule has 1 atom stereocenters. The number of nitrogens with zero attached hydrogens (tertiary/aromatic N) is 2. The molecule has 0 amide bonds.